The van der Waals surface area contributed by atoms with Gasteiger partial charge in [0.05, 0.1) is 19.3 Å². The molecule has 4 nitrogen and oxygen atoms in total. The molecule has 1 aromatic rings. The number of aliphatic hydroxyl groups excluding tert-OH is 1. The zero-order valence-electron chi connectivity index (χ0n) is 11.9. The first-order chi connectivity index (χ1) is 10.1. The summed E-state index contributed by atoms with van der Waals surface area (Å²) in [4.78, 5) is 2.48. The van der Waals surface area contributed by atoms with E-state index in [0.717, 1.165) is 25.9 Å². The molecule has 6 heteroatoms. The fourth-order valence-corrected chi connectivity index (χ4v) is 2.67. The maximum atomic E-state index is 13.9. The Hall–Kier alpha value is -1.08. The van der Waals surface area contributed by atoms with E-state index in [2.05, 4.69) is 4.90 Å². The number of hydrogen-bond donors (Lipinski definition) is 2. The quantitative estimate of drug-likeness (QED) is 0.778. The molecule has 2 rings (SSSR count). The zero-order chi connectivity index (χ0) is 15.2. The van der Waals surface area contributed by atoms with Crippen molar-refractivity contribution < 1.29 is 14.2 Å². The fraction of sp³-hybridized carbons (Fsp3) is 0.533. The molecule has 1 fully saturated rings. The van der Waals surface area contributed by atoms with Crippen molar-refractivity contribution in [3.63, 3.8) is 0 Å². The molecule has 3 N–H and O–H groups in total. The number of hydrogen-bond acceptors (Lipinski definition) is 4. The predicted molar refractivity (Wildman–Crippen MR) is 83.6 cm³/mol. The van der Waals surface area contributed by atoms with Crippen molar-refractivity contribution in [3.05, 3.63) is 35.1 Å². The van der Waals surface area contributed by atoms with E-state index in [1.54, 1.807) is 12.1 Å². The van der Waals surface area contributed by atoms with Gasteiger partial charge in [0.15, 0.2) is 0 Å². The van der Waals surface area contributed by atoms with Crippen molar-refractivity contribution in [2.45, 2.75) is 25.5 Å². The normalized spacial score (nSPS) is 17.0. The maximum absolute atomic E-state index is 13.9. The Balaban J connectivity index is 1.91. The van der Waals surface area contributed by atoms with Crippen LogP contribution in [-0.4, -0.2) is 47.4 Å². The molecule has 1 aliphatic rings. The van der Waals surface area contributed by atoms with Crippen LogP contribution in [0.3, 0.4) is 0 Å². The highest BCUT2D eigenvalue weighted by atomic mass is 32.1. The molecule has 116 valence electrons. The molecule has 0 aromatic heterocycles. The second kappa shape index (κ2) is 7.79. The predicted octanol–water partition coefficient (Wildman–Crippen LogP) is 1.43. The number of nitrogens with two attached hydrogens (primary N) is 1. The van der Waals surface area contributed by atoms with Gasteiger partial charge in [-0.05, 0) is 31.0 Å². The van der Waals surface area contributed by atoms with Crippen LogP contribution in [-0.2, 0) is 11.3 Å². The van der Waals surface area contributed by atoms with Crippen LogP contribution < -0.4 is 5.73 Å². The SMILES string of the molecule is NC(=S)c1ccc(F)c(CN2CCC(OCCO)CC2)c1. The lowest BCUT2D eigenvalue weighted by Crippen LogP contribution is -2.37. The van der Waals surface area contributed by atoms with Crippen molar-refractivity contribution in [2.24, 2.45) is 5.73 Å². The molecule has 1 aliphatic heterocycles. The van der Waals surface area contributed by atoms with E-state index in [1.165, 1.54) is 6.07 Å². The van der Waals surface area contributed by atoms with Crippen molar-refractivity contribution in [1.82, 2.24) is 4.90 Å². The Bertz CT molecular complexity index is 491. The highest BCUT2D eigenvalue weighted by molar-refractivity contribution is 7.80. The lowest BCUT2D eigenvalue weighted by Gasteiger charge is -2.31. The summed E-state index contributed by atoms with van der Waals surface area (Å²) < 4.78 is 19.4. The Labute approximate surface area is 129 Å². The second-order valence-corrected chi connectivity index (χ2v) is 5.68. The van der Waals surface area contributed by atoms with E-state index >= 15 is 0 Å². The van der Waals surface area contributed by atoms with Gasteiger partial charge in [0.2, 0.25) is 0 Å². The molecule has 0 atom stereocenters. The highest BCUT2D eigenvalue weighted by Crippen LogP contribution is 2.18. The molecular formula is C15H21FN2O2S. The number of aliphatic hydroxyl groups is 1. The third-order valence-corrected chi connectivity index (χ3v) is 3.94. The molecule has 21 heavy (non-hydrogen) atoms. The standard InChI is InChI=1S/C15H21FN2O2S/c16-14-2-1-11(15(17)21)9-12(14)10-18-5-3-13(4-6-18)20-8-7-19/h1-2,9,13,19H,3-8,10H2,(H2,17,21). The van der Waals surface area contributed by atoms with Crippen LogP contribution in [0.2, 0.25) is 0 Å². The molecule has 1 heterocycles. The summed E-state index contributed by atoms with van der Waals surface area (Å²) in [6.07, 6.45) is 1.99. The van der Waals surface area contributed by atoms with Gasteiger partial charge in [-0.15, -0.1) is 0 Å². The van der Waals surface area contributed by atoms with E-state index in [1.807, 2.05) is 0 Å². The molecule has 1 aromatic carbocycles. The van der Waals surface area contributed by atoms with Gasteiger partial charge in [-0.25, -0.2) is 4.39 Å². The van der Waals surface area contributed by atoms with Crippen LogP contribution in [0.5, 0.6) is 0 Å². The molecule has 0 aliphatic carbocycles. The second-order valence-electron chi connectivity index (χ2n) is 5.24. The van der Waals surface area contributed by atoms with Crippen molar-refractivity contribution in [3.8, 4) is 0 Å². The summed E-state index contributed by atoms with van der Waals surface area (Å²) >= 11 is 4.93. The van der Waals surface area contributed by atoms with Crippen LogP contribution in [0.4, 0.5) is 4.39 Å². The molecule has 0 saturated carbocycles. The molecule has 0 bridgehead atoms. The lowest BCUT2D eigenvalue weighted by molar-refractivity contribution is -0.00914. The summed E-state index contributed by atoms with van der Waals surface area (Å²) in [5.41, 5.74) is 6.91. The first kappa shape index (κ1) is 16.3. The molecule has 0 unspecified atom stereocenters. The van der Waals surface area contributed by atoms with Gasteiger partial charge in [-0.1, -0.05) is 12.2 Å². The number of rotatable bonds is 6. The van der Waals surface area contributed by atoms with Gasteiger partial charge in [0, 0.05) is 30.8 Å². The molecule has 1 saturated heterocycles. The number of nitrogens with zero attached hydrogens (tertiary/aromatic N) is 1. The summed E-state index contributed by atoms with van der Waals surface area (Å²) in [5, 5.41) is 8.75. The van der Waals surface area contributed by atoms with Crippen molar-refractivity contribution >= 4 is 17.2 Å². The smallest absolute Gasteiger partial charge is 0.127 e. The van der Waals surface area contributed by atoms with Crippen LogP contribution in [0.1, 0.15) is 24.0 Å². The van der Waals surface area contributed by atoms with Crippen LogP contribution in [0.15, 0.2) is 18.2 Å². The minimum Gasteiger partial charge on any atom is -0.394 e. The molecule has 0 amide bonds. The largest absolute Gasteiger partial charge is 0.394 e. The van der Waals surface area contributed by atoms with Crippen LogP contribution in [0.25, 0.3) is 0 Å². The number of ether oxygens (including phenoxy) is 1. The lowest BCUT2D eigenvalue weighted by atomic mass is 10.1. The number of benzene rings is 1. The molecule has 0 radical (unpaired) electrons. The van der Waals surface area contributed by atoms with Crippen LogP contribution >= 0.6 is 12.2 Å². The number of halogens is 1. The zero-order valence-corrected chi connectivity index (χ0v) is 12.7. The Kier molecular flexibility index (Phi) is 6.05. The maximum Gasteiger partial charge on any atom is 0.127 e. The highest BCUT2D eigenvalue weighted by Gasteiger charge is 2.20. The van der Waals surface area contributed by atoms with Gasteiger partial charge in [-0.2, -0.15) is 0 Å². The Morgan fingerprint density at radius 3 is 2.76 bits per heavy atom. The summed E-state index contributed by atoms with van der Waals surface area (Å²) in [5.74, 6) is -0.228. The van der Waals surface area contributed by atoms with Gasteiger partial charge >= 0.3 is 0 Å². The topological polar surface area (TPSA) is 58.7 Å². The number of piperidine rings is 1. The van der Waals surface area contributed by atoms with E-state index < -0.39 is 0 Å². The Morgan fingerprint density at radius 2 is 2.14 bits per heavy atom. The van der Waals surface area contributed by atoms with Gasteiger partial charge in [0.25, 0.3) is 0 Å². The molecule has 0 spiro atoms. The molecular weight excluding hydrogens is 291 g/mol. The Morgan fingerprint density at radius 1 is 1.43 bits per heavy atom. The van der Waals surface area contributed by atoms with E-state index in [0.29, 0.717) is 24.3 Å². The third kappa shape index (κ3) is 4.71. The van der Waals surface area contributed by atoms with E-state index in [-0.39, 0.29) is 23.5 Å². The van der Waals surface area contributed by atoms with Gasteiger partial charge in [-0.3, -0.25) is 4.90 Å². The van der Waals surface area contributed by atoms with Crippen LogP contribution in [0, 0.1) is 5.82 Å². The number of thiocarbonyl (C=S) groups is 1. The van der Waals surface area contributed by atoms with Crippen molar-refractivity contribution in [1.29, 1.82) is 0 Å². The summed E-state index contributed by atoms with van der Waals surface area (Å²) in [6, 6.07) is 4.75. The third-order valence-electron chi connectivity index (χ3n) is 3.70. The van der Waals surface area contributed by atoms with Crippen molar-refractivity contribution in [2.75, 3.05) is 26.3 Å². The minimum absolute atomic E-state index is 0.0528. The summed E-state index contributed by atoms with van der Waals surface area (Å²) in [6.45, 7) is 2.70. The van der Waals surface area contributed by atoms with Gasteiger partial charge < -0.3 is 15.6 Å². The average molecular weight is 312 g/mol. The van der Waals surface area contributed by atoms with E-state index in [9.17, 15) is 4.39 Å². The minimum atomic E-state index is -0.228. The number of likely N-dealkylation sites (tertiary alicyclic amines) is 1. The first-order valence-corrected chi connectivity index (χ1v) is 7.54. The summed E-state index contributed by atoms with van der Waals surface area (Å²) in [7, 11) is 0. The first-order valence-electron chi connectivity index (χ1n) is 7.13. The van der Waals surface area contributed by atoms with Gasteiger partial charge in [0.1, 0.15) is 10.8 Å². The average Bonchev–Trinajstić information content (AvgIpc) is 2.48. The monoisotopic (exact) mass is 312 g/mol. The fourth-order valence-electron chi connectivity index (χ4n) is 2.54. The van der Waals surface area contributed by atoms with E-state index in [4.69, 9.17) is 27.8 Å².